The lowest BCUT2D eigenvalue weighted by Crippen LogP contribution is -2.30. The van der Waals surface area contributed by atoms with Crippen LogP contribution in [-0.4, -0.2) is 37.8 Å². The fourth-order valence-corrected chi connectivity index (χ4v) is 5.62. The molecule has 5 aromatic rings. The van der Waals surface area contributed by atoms with E-state index in [2.05, 4.69) is 15.0 Å². The van der Waals surface area contributed by atoms with Crippen molar-refractivity contribution in [3.8, 4) is 22.1 Å². The van der Waals surface area contributed by atoms with Crippen LogP contribution in [0.1, 0.15) is 12.0 Å². The van der Waals surface area contributed by atoms with Crippen LogP contribution in [0, 0.1) is 11.7 Å². The Balaban J connectivity index is 1.17. The first kappa shape index (κ1) is 23.9. The number of fused-ring (bicyclic) bond motifs is 1. The number of anilines is 1. The molecule has 1 unspecified atom stereocenters. The molecule has 0 N–H and O–H groups in total. The number of thiophene rings is 1. The molecule has 1 amide bonds. The summed E-state index contributed by atoms with van der Waals surface area (Å²) < 4.78 is 23.6. The molecule has 0 aliphatic carbocycles. The molecule has 190 valence electrons. The van der Waals surface area contributed by atoms with Gasteiger partial charge >= 0.3 is 0 Å². The zero-order chi connectivity index (χ0) is 26.2. The van der Waals surface area contributed by atoms with Gasteiger partial charge in [-0.1, -0.05) is 6.07 Å². The van der Waals surface area contributed by atoms with Gasteiger partial charge in [-0.15, -0.1) is 11.3 Å². The molecule has 1 saturated heterocycles. The molecule has 38 heavy (non-hydrogen) atoms. The van der Waals surface area contributed by atoms with Crippen LogP contribution in [0.25, 0.3) is 20.8 Å². The quantitative estimate of drug-likeness (QED) is 0.271. The molecule has 1 aliphatic rings. The molecule has 0 spiro atoms. The number of aromatic nitrogens is 4. The summed E-state index contributed by atoms with van der Waals surface area (Å²) in [5.41, 5.74) is 2.72. The van der Waals surface area contributed by atoms with E-state index in [0.29, 0.717) is 30.0 Å². The van der Waals surface area contributed by atoms with E-state index in [0.717, 1.165) is 20.8 Å². The van der Waals surface area contributed by atoms with Crippen molar-refractivity contribution in [3.63, 3.8) is 0 Å². The van der Waals surface area contributed by atoms with E-state index in [1.807, 2.05) is 23.9 Å². The number of ketones is 1. The summed E-state index contributed by atoms with van der Waals surface area (Å²) in [4.78, 5) is 41.1. The Morgan fingerprint density at radius 1 is 1.16 bits per heavy atom. The number of benzene rings is 1. The summed E-state index contributed by atoms with van der Waals surface area (Å²) >= 11 is 1.47. The first-order chi connectivity index (χ1) is 18.5. The van der Waals surface area contributed by atoms with Crippen molar-refractivity contribution in [2.45, 2.75) is 12.8 Å². The molecule has 4 aromatic heterocycles. The number of pyridine rings is 2. The molecular formula is C28H22FN5O3S. The van der Waals surface area contributed by atoms with Crippen molar-refractivity contribution in [2.24, 2.45) is 13.0 Å². The second kappa shape index (κ2) is 9.79. The second-order valence-electron chi connectivity index (χ2n) is 9.11. The van der Waals surface area contributed by atoms with Crippen LogP contribution < -0.4 is 9.64 Å². The fourth-order valence-electron chi connectivity index (χ4n) is 4.59. The molecule has 8 nitrogen and oxygen atoms in total. The van der Waals surface area contributed by atoms with Crippen LogP contribution in [-0.2, 0) is 23.1 Å². The first-order valence-electron chi connectivity index (χ1n) is 12.0. The predicted molar refractivity (Wildman–Crippen MR) is 142 cm³/mol. The Bertz CT molecular complexity index is 1670. The predicted octanol–water partition coefficient (Wildman–Crippen LogP) is 5.19. The lowest BCUT2D eigenvalue weighted by molar-refractivity contribution is -0.130. The number of carbonyl (C=O) groups is 2. The zero-order valence-corrected chi connectivity index (χ0v) is 21.2. The highest BCUT2D eigenvalue weighted by Crippen LogP contribution is 2.39. The van der Waals surface area contributed by atoms with E-state index in [-0.39, 0.29) is 23.9 Å². The SMILES string of the molecule is Cn1cnc(-c2cc3nccc(Oc4ccc(CC(=O)C5CCN(c6cccnc6)C5=O)cc4F)c3s2)c1. The van der Waals surface area contributed by atoms with Gasteiger partial charge in [0.25, 0.3) is 0 Å². The number of aryl methyl sites for hydroxylation is 1. The molecular weight excluding hydrogens is 505 g/mol. The van der Waals surface area contributed by atoms with Crippen LogP contribution in [0.2, 0.25) is 0 Å². The standard InChI is InChI=1S/C28H22FN5O3S/c1-33-15-22(32-16-33)26-13-21-27(38-26)25(6-9-31-21)37-24-5-4-17(11-20(24)29)12-23(35)19-7-10-34(28(19)36)18-3-2-8-30-14-18/h2-6,8-9,11,13-16,19H,7,10,12H2,1H3. The normalized spacial score (nSPS) is 15.4. The van der Waals surface area contributed by atoms with Crippen LogP contribution in [0.15, 0.2) is 73.6 Å². The molecule has 1 atom stereocenters. The van der Waals surface area contributed by atoms with Crippen LogP contribution in [0.3, 0.4) is 0 Å². The van der Waals surface area contributed by atoms with Crippen LogP contribution in [0.4, 0.5) is 10.1 Å². The summed E-state index contributed by atoms with van der Waals surface area (Å²) in [6.07, 6.45) is 8.88. The van der Waals surface area contributed by atoms with Gasteiger partial charge in [-0.25, -0.2) is 9.37 Å². The number of nitrogens with zero attached hydrogens (tertiary/aromatic N) is 5. The number of hydrogen-bond acceptors (Lipinski definition) is 7. The Morgan fingerprint density at radius 2 is 2.05 bits per heavy atom. The highest BCUT2D eigenvalue weighted by Gasteiger charge is 2.37. The summed E-state index contributed by atoms with van der Waals surface area (Å²) in [6, 6.07) is 11.6. The molecule has 1 aliphatic heterocycles. The van der Waals surface area contributed by atoms with Crippen molar-refractivity contribution >= 4 is 38.9 Å². The molecule has 0 radical (unpaired) electrons. The third-order valence-corrected chi connectivity index (χ3v) is 7.64. The minimum atomic E-state index is -0.744. The molecule has 5 heterocycles. The molecule has 10 heteroatoms. The number of rotatable bonds is 7. The molecule has 1 aromatic carbocycles. The Labute approximate surface area is 221 Å². The van der Waals surface area contributed by atoms with Gasteiger partial charge in [0.1, 0.15) is 11.5 Å². The van der Waals surface area contributed by atoms with Gasteiger partial charge in [-0.3, -0.25) is 19.6 Å². The van der Waals surface area contributed by atoms with E-state index in [1.54, 1.807) is 54.1 Å². The van der Waals surface area contributed by atoms with Crippen LogP contribution in [0.5, 0.6) is 11.5 Å². The second-order valence-corrected chi connectivity index (χ2v) is 10.2. The van der Waals surface area contributed by atoms with E-state index >= 15 is 4.39 Å². The largest absolute Gasteiger partial charge is 0.453 e. The maximum Gasteiger partial charge on any atom is 0.237 e. The monoisotopic (exact) mass is 527 g/mol. The zero-order valence-electron chi connectivity index (χ0n) is 20.4. The highest BCUT2D eigenvalue weighted by molar-refractivity contribution is 7.22. The van der Waals surface area contributed by atoms with Crippen molar-refractivity contribution < 1.29 is 18.7 Å². The molecule has 1 fully saturated rings. The number of ether oxygens (including phenoxy) is 1. The minimum Gasteiger partial charge on any atom is -0.453 e. The smallest absolute Gasteiger partial charge is 0.237 e. The maximum atomic E-state index is 15.1. The summed E-state index contributed by atoms with van der Waals surface area (Å²) in [7, 11) is 1.90. The number of carbonyl (C=O) groups excluding carboxylic acids is 2. The van der Waals surface area contributed by atoms with Crippen molar-refractivity contribution in [1.29, 1.82) is 0 Å². The van der Waals surface area contributed by atoms with E-state index in [1.165, 1.54) is 23.5 Å². The average molecular weight is 528 g/mol. The summed E-state index contributed by atoms with van der Waals surface area (Å²) in [5.74, 6) is -1.28. The lowest BCUT2D eigenvalue weighted by atomic mass is 9.96. The average Bonchev–Trinajstić information content (AvgIpc) is 3.64. The molecule has 0 bridgehead atoms. The number of amides is 1. The first-order valence-corrected chi connectivity index (χ1v) is 12.9. The Kier molecular flexibility index (Phi) is 6.16. The van der Waals surface area contributed by atoms with E-state index < -0.39 is 11.7 Å². The van der Waals surface area contributed by atoms with Crippen molar-refractivity contribution in [1.82, 2.24) is 19.5 Å². The highest BCUT2D eigenvalue weighted by atomic mass is 32.1. The lowest BCUT2D eigenvalue weighted by Gasteiger charge is -2.16. The minimum absolute atomic E-state index is 0.0354. The van der Waals surface area contributed by atoms with E-state index in [9.17, 15) is 9.59 Å². The van der Waals surface area contributed by atoms with Crippen molar-refractivity contribution in [2.75, 3.05) is 11.4 Å². The molecule has 6 rings (SSSR count). The topological polar surface area (TPSA) is 90.2 Å². The van der Waals surface area contributed by atoms with Crippen LogP contribution >= 0.6 is 11.3 Å². The van der Waals surface area contributed by atoms with Gasteiger partial charge in [0.15, 0.2) is 11.6 Å². The molecule has 0 saturated carbocycles. The van der Waals surface area contributed by atoms with Gasteiger partial charge < -0.3 is 14.2 Å². The van der Waals surface area contributed by atoms with Crippen molar-refractivity contribution in [3.05, 3.63) is 85.0 Å². The third kappa shape index (κ3) is 4.54. The summed E-state index contributed by atoms with van der Waals surface area (Å²) in [5, 5.41) is 0. The fraction of sp³-hybridized carbons (Fsp3) is 0.179. The van der Waals surface area contributed by atoms with Gasteiger partial charge in [-0.2, -0.15) is 0 Å². The Morgan fingerprint density at radius 3 is 2.82 bits per heavy atom. The number of halogens is 1. The van der Waals surface area contributed by atoms with Gasteiger partial charge in [-0.05, 0) is 42.3 Å². The third-order valence-electron chi connectivity index (χ3n) is 6.48. The number of hydrogen-bond donors (Lipinski definition) is 0. The van der Waals surface area contributed by atoms with E-state index in [4.69, 9.17) is 4.74 Å². The van der Waals surface area contributed by atoms with Gasteiger partial charge in [0.05, 0.1) is 44.9 Å². The number of Topliss-reactive ketones (excluding diaryl/α,β-unsaturated/α-hetero) is 1. The van der Waals surface area contributed by atoms with Gasteiger partial charge in [0.2, 0.25) is 5.91 Å². The summed E-state index contributed by atoms with van der Waals surface area (Å²) in [6.45, 7) is 0.452. The Hall–Kier alpha value is -4.44. The maximum absolute atomic E-state index is 15.1. The van der Waals surface area contributed by atoms with Gasteiger partial charge in [0, 0.05) is 44.7 Å². The number of imidazole rings is 1.